The van der Waals surface area contributed by atoms with E-state index in [1.165, 1.54) is 0 Å². The Morgan fingerprint density at radius 2 is 0.652 bits per heavy atom. The van der Waals surface area contributed by atoms with E-state index in [-0.39, 0.29) is 26.2 Å². The first kappa shape index (κ1) is 22.3. The molecular weight excluding hydrogens is 393 g/mol. The van der Waals surface area contributed by atoms with E-state index in [1.54, 1.807) is 0 Å². The third-order valence-corrected chi connectivity index (χ3v) is 12.1. The Morgan fingerprint density at radius 1 is 0.478 bits per heavy atom. The third-order valence-electron chi connectivity index (χ3n) is 3.38. The van der Waals surface area contributed by atoms with Gasteiger partial charge in [-0.2, -0.15) is 0 Å². The number of hydrogen-bond acceptors (Lipinski definition) is 0. The molecule has 122 valence electrons. The zero-order valence-corrected chi connectivity index (χ0v) is 19.4. The molecule has 3 heteroatoms. The maximum atomic E-state index is 2.37. The zero-order valence-electron chi connectivity index (χ0n) is 15.2. The molecular formula is C20H28P2Zr. The molecule has 10 radical (unpaired) electrons. The van der Waals surface area contributed by atoms with Crippen molar-refractivity contribution in [3.05, 3.63) is 74.3 Å². The van der Waals surface area contributed by atoms with Gasteiger partial charge in [0.25, 0.3) is 0 Å². The van der Waals surface area contributed by atoms with Crippen molar-refractivity contribution < 1.29 is 26.2 Å². The monoisotopic (exact) mass is 420 g/mol. The summed E-state index contributed by atoms with van der Waals surface area (Å²) in [5, 5.41) is 3.88. The van der Waals surface area contributed by atoms with E-state index < -0.39 is 0 Å². The molecule has 0 N–H and O–H groups in total. The number of fused-ring (bicyclic) bond motifs is 1. The normalized spacial score (nSPS) is 20.1. The average molecular weight is 422 g/mol. The molecule has 23 heavy (non-hydrogen) atoms. The van der Waals surface area contributed by atoms with Gasteiger partial charge in [0.2, 0.25) is 0 Å². The second-order valence-electron chi connectivity index (χ2n) is 7.70. The van der Waals surface area contributed by atoms with Gasteiger partial charge >= 0.3 is 26.2 Å². The minimum Gasteiger partial charge on any atom is -0.461 e. The minimum atomic E-state index is 0. The zero-order chi connectivity index (χ0) is 16.4. The van der Waals surface area contributed by atoms with Crippen LogP contribution in [0.1, 0.15) is 51.6 Å². The maximum absolute atomic E-state index is 2.37. The van der Waals surface area contributed by atoms with Crippen LogP contribution in [0.2, 0.25) is 0 Å². The second-order valence-corrected chi connectivity index (χ2v) is 13.8. The SMILES string of the molecule is CC(C)(C)[c-]1p2[c-](C(C)(C)C)p12.[CH]1[CH][CH][CH][CH]1.[CH]1[CH][CH][CH][CH]1.[Zr+2]. The number of rotatable bonds is 0. The standard InChI is InChI=1S/C10H18P2.2C5H5.Zr/c1-9(2,3)7-11-8(12(7)11)10(4,5)6;2*1-2-4-5-3-1;/h1-6H3;2*1-5H;/q-2;;;+2. The Morgan fingerprint density at radius 3 is 0.783 bits per heavy atom. The van der Waals surface area contributed by atoms with Crippen molar-refractivity contribution in [3.8, 4) is 0 Å². The largest absolute Gasteiger partial charge is 2.00 e. The summed E-state index contributed by atoms with van der Waals surface area (Å²) in [6, 6.07) is 0. The molecule has 0 nitrogen and oxygen atoms in total. The molecule has 2 saturated carbocycles. The fourth-order valence-electron chi connectivity index (χ4n) is 2.36. The van der Waals surface area contributed by atoms with Crippen molar-refractivity contribution >= 4 is 14.0 Å². The smallest absolute Gasteiger partial charge is 0.461 e. The fourth-order valence-corrected chi connectivity index (χ4v) is 13.3. The van der Waals surface area contributed by atoms with Crippen molar-refractivity contribution in [2.45, 2.75) is 52.4 Å². The van der Waals surface area contributed by atoms with E-state index in [2.05, 4.69) is 41.5 Å². The maximum Gasteiger partial charge on any atom is 2.00 e. The topological polar surface area (TPSA) is 0 Å². The van der Waals surface area contributed by atoms with Crippen molar-refractivity contribution in [2.24, 2.45) is 0 Å². The van der Waals surface area contributed by atoms with Crippen LogP contribution in [0.5, 0.6) is 0 Å². The van der Waals surface area contributed by atoms with Gasteiger partial charge in [-0.3, -0.25) is 0 Å². The Hall–Kier alpha value is 1.22. The summed E-state index contributed by atoms with van der Waals surface area (Å²) in [6.45, 7) is 14.2. The van der Waals surface area contributed by atoms with Crippen molar-refractivity contribution in [2.75, 3.05) is 0 Å². The molecule has 0 bridgehead atoms. The quantitative estimate of drug-likeness (QED) is 0.405. The van der Waals surface area contributed by atoms with E-state index in [0.717, 1.165) is 0 Å². The van der Waals surface area contributed by atoms with Crippen LogP contribution in [0.3, 0.4) is 0 Å². The van der Waals surface area contributed by atoms with E-state index in [1.807, 2.05) is 74.3 Å². The van der Waals surface area contributed by atoms with Gasteiger partial charge in [0, 0.05) is 0 Å². The summed E-state index contributed by atoms with van der Waals surface area (Å²) in [4.78, 5) is 0. The summed E-state index contributed by atoms with van der Waals surface area (Å²) in [5.74, 6) is 0. The van der Waals surface area contributed by atoms with Gasteiger partial charge in [0.05, 0.1) is 0 Å². The van der Waals surface area contributed by atoms with Crippen molar-refractivity contribution in [1.29, 1.82) is 0 Å². The van der Waals surface area contributed by atoms with Gasteiger partial charge < -0.3 is 24.1 Å². The molecule has 0 saturated heterocycles. The van der Waals surface area contributed by atoms with Crippen molar-refractivity contribution in [3.63, 3.8) is 0 Å². The molecule has 0 spiro atoms. The third kappa shape index (κ3) is 6.80. The molecule has 2 fully saturated rings. The fraction of sp³-hybridized carbons (Fsp3) is 0.400. The van der Waals surface area contributed by atoms with E-state index >= 15 is 0 Å². The van der Waals surface area contributed by atoms with Crippen LogP contribution < -0.4 is 0 Å². The molecule has 0 aromatic carbocycles. The van der Waals surface area contributed by atoms with Gasteiger partial charge in [-0.15, -0.1) is 10.8 Å². The van der Waals surface area contributed by atoms with Gasteiger partial charge in [-0.05, 0) is 64.2 Å². The van der Waals surface area contributed by atoms with E-state index in [9.17, 15) is 0 Å². The molecule has 0 aliphatic heterocycles. The Kier molecular flexibility index (Phi) is 8.95. The first-order valence-electron chi connectivity index (χ1n) is 7.93. The molecule has 2 aromatic rings. The first-order valence-corrected chi connectivity index (χ1v) is 11.3. The molecule has 2 aliphatic carbocycles. The predicted octanol–water partition coefficient (Wildman–Crippen LogP) is 6.92. The summed E-state index contributed by atoms with van der Waals surface area (Å²) in [6.07, 6.45) is 20.0. The Bertz CT molecular complexity index is 422. The predicted molar refractivity (Wildman–Crippen MR) is 103 cm³/mol. The molecule has 2 aliphatic rings. The average Bonchev–Trinajstić information content (AvgIpc) is 3.07. The molecule has 0 amide bonds. The molecule has 4 rings (SSSR count). The van der Waals surface area contributed by atoms with Crippen LogP contribution in [0.25, 0.3) is 0 Å². The van der Waals surface area contributed by atoms with Crippen LogP contribution >= 0.6 is 14.0 Å². The Balaban J connectivity index is 0.000000200. The van der Waals surface area contributed by atoms with E-state index in [4.69, 9.17) is 0 Å². The van der Waals surface area contributed by atoms with Crippen LogP contribution in [0.15, 0.2) is 0 Å². The summed E-state index contributed by atoms with van der Waals surface area (Å²) in [5.41, 5.74) is 1.07. The van der Waals surface area contributed by atoms with Gasteiger partial charge in [-0.25, -0.2) is 0 Å². The van der Waals surface area contributed by atoms with Gasteiger partial charge in [0.15, 0.2) is 0 Å². The van der Waals surface area contributed by atoms with Crippen LogP contribution in [-0.4, -0.2) is 0 Å². The Labute approximate surface area is 166 Å². The minimum absolute atomic E-state index is 0. The van der Waals surface area contributed by atoms with Gasteiger partial charge in [-0.1, -0.05) is 41.5 Å². The first-order chi connectivity index (χ1) is 10.2. The molecule has 0 unspecified atom stereocenters. The second kappa shape index (κ2) is 9.24. The van der Waals surface area contributed by atoms with Crippen LogP contribution in [0, 0.1) is 64.2 Å². The van der Waals surface area contributed by atoms with E-state index in [0.29, 0.717) is 24.9 Å². The summed E-state index contributed by atoms with van der Waals surface area (Å²) < 4.78 is 0. The van der Waals surface area contributed by atoms with Crippen LogP contribution in [-0.2, 0) is 37.0 Å². The molecule has 2 aromatic heterocycles. The van der Waals surface area contributed by atoms with Gasteiger partial charge in [0.1, 0.15) is 0 Å². The summed E-state index contributed by atoms with van der Waals surface area (Å²) in [7, 11) is 0.783. The molecule has 0 atom stereocenters. The van der Waals surface area contributed by atoms with Crippen molar-refractivity contribution in [1.82, 2.24) is 0 Å². The number of hydrogen-bond donors (Lipinski definition) is 0. The van der Waals surface area contributed by atoms with Crippen LogP contribution in [0.4, 0.5) is 0 Å². The molecule has 2 heterocycles. The summed E-state index contributed by atoms with van der Waals surface area (Å²) >= 11 is 0.